The summed E-state index contributed by atoms with van der Waals surface area (Å²) in [5.74, 6) is 2.19. The predicted octanol–water partition coefficient (Wildman–Crippen LogP) is 1.78. The van der Waals surface area contributed by atoms with Crippen molar-refractivity contribution in [2.75, 3.05) is 23.7 Å². The third-order valence-electron chi connectivity index (χ3n) is 4.39. The zero-order chi connectivity index (χ0) is 13.4. The van der Waals surface area contributed by atoms with E-state index in [2.05, 4.69) is 37.3 Å². The normalized spacial score (nSPS) is 22.5. The van der Waals surface area contributed by atoms with Gasteiger partial charge in [-0.1, -0.05) is 19.3 Å². The van der Waals surface area contributed by atoms with Gasteiger partial charge in [-0.25, -0.2) is 0 Å². The molecule has 1 aliphatic carbocycles. The minimum Gasteiger partial charge on any atom is -0.353 e. The second-order valence-corrected chi connectivity index (χ2v) is 7.29. The third-order valence-corrected chi connectivity index (χ3v) is 5.93. The van der Waals surface area contributed by atoms with E-state index in [-0.39, 0.29) is 0 Å². The highest BCUT2D eigenvalue weighted by Crippen LogP contribution is 2.43. The van der Waals surface area contributed by atoms with Gasteiger partial charge in [0, 0.05) is 23.6 Å². The van der Waals surface area contributed by atoms with Gasteiger partial charge in [-0.15, -0.1) is 14.8 Å². The second kappa shape index (κ2) is 4.87. The van der Waals surface area contributed by atoms with Crippen LogP contribution < -0.4 is 4.90 Å². The lowest BCUT2D eigenvalue weighted by Gasteiger charge is -2.45. The lowest BCUT2D eigenvalue weighted by Crippen LogP contribution is -2.48. The molecule has 0 bridgehead atoms. The van der Waals surface area contributed by atoms with Crippen LogP contribution in [-0.4, -0.2) is 48.8 Å². The SMILES string of the molecule is c1cc2nnnn2nc1N1CCSC2(CCCCC2)C1. The van der Waals surface area contributed by atoms with Crippen LogP contribution in [0.4, 0.5) is 5.82 Å². The van der Waals surface area contributed by atoms with Gasteiger partial charge in [-0.3, -0.25) is 0 Å². The Bertz CT molecular complexity index is 600. The van der Waals surface area contributed by atoms with E-state index >= 15 is 0 Å². The van der Waals surface area contributed by atoms with E-state index in [9.17, 15) is 0 Å². The maximum atomic E-state index is 4.53. The molecule has 0 aromatic carbocycles. The summed E-state index contributed by atoms with van der Waals surface area (Å²) in [6.45, 7) is 2.17. The molecule has 0 amide bonds. The lowest BCUT2D eigenvalue weighted by molar-refractivity contribution is 0.390. The van der Waals surface area contributed by atoms with Gasteiger partial charge in [0.25, 0.3) is 0 Å². The summed E-state index contributed by atoms with van der Waals surface area (Å²) in [4.78, 5) is 2.41. The van der Waals surface area contributed by atoms with Crippen molar-refractivity contribution >= 4 is 23.2 Å². The van der Waals surface area contributed by atoms with Crippen molar-refractivity contribution in [3.63, 3.8) is 0 Å². The zero-order valence-corrected chi connectivity index (χ0v) is 12.2. The number of tetrazole rings is 1. The van der Waals surface area contributed by atoms with Crippen molar-refractivity contribution in [1.29, 1.82) is 0 Å². The first kappa shape index (κ1) is 12.4. The molecule has 2 aliphatic rings. The highest BCUT2D eigenvalue weighted by Gasteiger charge is 2.37. The second-order valence-electron chi connectivity index (χ2n) is 5.73. The van der Waals surface area contributed by atoms with Crippen LogP contribution in [0.5, 0.6) is 0 Å². The minimum atomic E-state index is 0.452. The van der Waals surface area contributed by atoms with Gasteiger partial charge < -0.3 is 4.90 Å². The monoisotopic (exact) mass is 290 g/mol. The molecule has 0 unspecified atom stereocenters. The highest BCUT2D eigenvalue weighted by atomic mass is 32.2. The van der Waals surface area contributed by atoms with E-state index < -0.39 is 0 Å². The summed E-state index contributed by atoms with van der Waals surface area (Å²) in [5, 5.41) is 16.0. The molecule has 2 aromatic rings. The lowest BCUT2D eigenvalue weighted by atomic mass is 9.87. The number of aromatic nitrogens is 5. The molecule has 1 saturated heterocycles. The average Bonchev–Trinajstić information content (AvgIpc) is 2.95. The Labute approximate surface area is 121 Å². The number of hydrogen-bond acceptors (Lipinski definition) is 6. The van der Waals surface area contributed by atoms with Crippen LogP contribution in [-0.2, 0) is 0 Å². The summed E-state index contributed by atoms with van der Waals surface area (Å²) in [5.41, 5.74) is 0.701. The van der Waals surface area contributed by atoms with Gasteiger partial charge in [0.15, 0.2) is 11.5 Å². The van der Waals surface area contributed by atoms with E-state index in [1.807, 2.05) is 12.1 Å². The molecular formula is C13H18N6S. The van der Waals surface area contributed by atoms with Gasteiger partial charge in [0.05, 0.1) is 0 Å². The van der Waals surface area contributed by atoms with E-state index in [0.29, 0.717) is 10.4 Å². The van der Waals surface area contributed by atoms with Crippen LogP contribution in [0.3, 0.4) is 0 Å². The Morgan fingerprint density at radius 2 is 2.05 bits per heavy atom. The summed E-state index contributed by atoms with van der Waals surface area (Å²) in [7, 11) is 0. The van der Waals surface area contributed by atoms with Crippen molar-refractivity contribution in [2.45, 2.75) is 36.9 Å². The van der Waals surface area contributed by atoms with Gasteiger partial charge in [-0.05, 0) is 35.4 Å². The molecule has 3 heterocycles. The van der Waals surface area contributed by atoms with Crippen LogP contribution in [0, 0.1) is 0 Å². The minimum absolute atomic E-state index is 0.452. The summed E-state index contributed by atoms with van der Waals surface area (Å²) < 4.78 is 1.97. The molecule has 1 spiro atoms. The maximum Gasteiger partial charge on any atom is 0.200 e. The highest BCUT2D eigenvalue weighted by molar-refractivity contribution is 8.00. The molecule has 20 heavy (non-hydrogen) atoms. The van der Waals surface area contributed by atoms with Crippen LogP contribution >= 0.6 is 11.8 Å². The number of nitrogens with zero attached hydrogens (tertiary/aromatic N) is 6. The molecule has 0 atom stereocenters. The molecule has 4 rings (SSSR count). The van der Waals surface area contributed by atoms with E-state index in [1.54, 1.807) is 0 Å². The predicted molar refractivity (Wildman–Crippen MR) is 79.1 cm³/mol. The summed E-state index contributed by atoms with van der Waals surface area (Å²) in [6.07, 6.45) is 6.85. The molecule has 1 aliphatic heterocycles. The number of anilines is 1. The van der Waals surface area contributed by atoms with Gasteiger partial charge in [0.2, 0.25) is 0 Å². The van der Waals surface area contributed by atoms with Crippen molar-refractivity contribution in [2.24, 2.45) is 0 Å². The summed E-state index contributed by atoms with van der Waals surface area (Å²) >= 11 is 2.17. The van der Waals surface area contributed by atoms with Crippen molar-refractivity contribution < 1.29 is 0 Å². The molecule has 2 aromatic heterocycles. The van der Waals surface area contributed by atoms with Crippen molar-refractivity contribution in [3.8, 4) is 0 Å². The molecular weight excluding hydrogens is 272 g/mol. The van der Waals surface area contributed by atoms with E-state index in [1.165, 1.54) is 42.5 Å². The molecule has 106 valence electrons. The Balaban J connectivity index is 1.60. The fourth-order valence-corrected chi connectivity index (χ4v) is 4.92. The zero-order valence-electron chi connectivity index (χ0n) is 11.4. The first-order valence-electron chi connectivity index (χ1n) is 7.29. The van der Waals surface area contributed by atoms with Crippen LogP contribution in [0.1, 0.15) is 32.1 Å². The average molecular weight is 290 g/mol. The molecule has 0 N–H and O–H groups in total. The van der Waals surface area contributed by atoms with E-state index in [0.717, 1.165) is 18.9 Å². The molecule has 6 nitrogen and oxygen atoms in total. The fraction of sp³-hybridized carbons (Fsp3) is 0.692. The largest absolute Gasteiger partial charge is 0.353 e. The van der Waals surface area contributed by atoms with Gasteiger partial charge in [0.1, 0.15) is 0 Å². The van der Waals surface area contributed by atoms with Crippen LogP contribution in [0.15, 0.2) is 12.1 Å². The van der Waals surface area contributed by atoms with Gasteiger partial charge in [-0.2, -0.15) is 11.8 Å². The Kier molecular flexibility index (Phi) is 3.02. The van der Waals surface area contributed by atoms with Crippen LogP contribution in [0.2, 0.25) is 0 Å². The first-order chi connectivity index (χ1) is 9.85. The van der Waals surface area contributed by atoms with E-state index in [4.69, 9.17) is 0 Å². The molecule has 2 fully saturated rings. The maximum absolute atomic E-state index is 4.53. The Hall–Kier alpha value is -1.37. The molecule has 7 heteroatoms. The molecule has 0 radical (unpaired) electrons. The van der Waals surface area contributed by atoms with Crippen LogP contribution in [0.25, 0.3) is 5.65 Å². The van der Waals surface area contributed by atoms with Gasteiger partial charge >= 0.3 is 0 Å². The fourth-order valence-electron chi connectivity index (χ4n) is 3.35. The van der Waals surface area contributed by atoms with Crippen molar-refractivity contribution in [1.82, 2.24) is 25.3 Å². The standard InChI is InChI=1S/C13H18N6S/c1-2-6-13(7-3-1)10-18(8-9-20-13)12-5-4-11-14-16-17-19(11)15-12/h4-5H,1-3,6-10H2. The quantitative estimate of drug-likeness (QED) is 0.798. The molecule has 1 saturated carbocycles. The smallest absolute Gasteiger partial charge is 0.200 e. The summed E-state index contributed by atoms with van der Waals surface area (Å²) in [6, 6.07) is 3.98. The third kappa shape index (κ3) is 2.13. The number of rotatable bonds is 1. The number of thioether (sulfide) groups is 1. The van der Waals surface area contributed by atoms with Crippen molar-refractivity contribution in [3.05, 3.63) is 12.1 Å². The Morgan fingerprint density at radius 3 is 2.95 bits per heavy atom. The number of hydrogen-bond donors (Lipinski definition) is 0. The Morgan fingerprint density at radius 1 is 1.15 bits per heavy atom. The first-order valence-corrected chi connectivity index (χ1v) is 8.28. The topological polar surface area (TPSA) is 59.2 Å². The number of fused-ring (bicyclic) bond motifs is 1.